The van der Waals surface area contributed by atoms with Crippen LogP contribution < -0.4 is 4.74 Å². The Kier molecular flexibility index (Phi) is 4.60. The minimum Gasteiger partial charge on any atom is -0.493 e. The van der Waals surface area contributed by atoms with E-state index in [4.69, 9.17) is 9.84 Å². The number of thiazole rings is 1. The molecule has 0 spiro atoms. The van der Waals surface area contributed by atoms with Crippen molar-refractivity contribution in [2.45, 2.75) is 4.34 Å². The predicted molar refractivity (Wildman–Crippen MR) is 89.2 cm³/mol. The van der Waals surface area contributed by atoms with Crippen molar-refractivity contribution < 1.29 is 14.6 Å². The van der Waals surface area contributed by atoms with Crippen molar-refractivity contribution in [3.05, 3.63) is 54.1 Å². The number of fused-ring (bicyclic) bond motifs is 1. The highest BCUT2D eigenvalue weighted by atomic mass is 32.2. The van der Waals surface area contributed by atoms with Gasteiger partial charge in [0.1, 0.15) is 5.75 Å². The average molecular weight is 331 g/mol. The van der Waals surface area contributed by atoms with E-state index in [1.165, 1.54) is 4.70 Å². The molecule has 0 aliphatic rings. The van der Waals surface area contributed by atoms with Crippen LogP contribution in [0.2, 0.25) is 0 Å². The molecule has 0 bridgehead atoms. The quantitative estimate of drug-likeness (QED) is 0.543. The highest BCUT2D eigenvalue weighted by Gasteiger charge is 2.04. The second-order valence-corrected chi connectivity index (χ2v) is 6.85. The van der Waals surface area contributed by atoms with Crippen LogP contribution in [0.15, 0.2) is 52.9 Å². The van der Waals surface area contributed by atoms with Gasteiger partial charge in [-0.1, -0.05) is 23.9 Å². The summed E-state index contributed by atoms with van der Waals surface area (Å²) < 4.78 is 7.82. The first kappa shape index (κ1) is 14.9. The van der Waals surface area contributed by atoms with E-state index in [-0.39, 0.29) is 5.56 Å². The number of hydrogen-bond acceptors (Lipinski definition) is 5. The Bertz CT molecular complexity index is 750. The number of carbonyl (C=O) groups is 1. The number of ether oxygens (including phenoxy) is 1. The number of carboxylic acid groups (broad SMARTS) is 1. The van der Waals surface area contributed by atoms with Gasteiger partial charge in [0.15, 0.2) is 4.34 Å². The first-order valence-corrected chi connectivity index (χ1v) is 8.47. The Labute approximate surface area is 135 Å². The van der Waals surface area contributed by atoms with E-state index in [2.05, 4.69) is 11.1 Å². The van der Waals surface area contributed by atoms with Crippen LogP contribution in [0.3, 0.4) is 0 Å². The minimum atomic E-state index is -0.932. The summed E-state index contributed by atoms with van der Waals surface area (Å²) in [6.45, 7) is 0.549. The summed E-state index contributed by atoms with van der Waals surface area (Å²) in [6.07, 6.45) is 0. The molecule has 1 N–H and O–H groups in total. The zero-order chi connectivity index (χ0) is 15.4. The van der Waals surface area contributed by atoms with Crippen LogP contribution in [-0.2, 0) is 0 Å². The van der Waals surface area contributed by atoms with Gasteiger partial charge >= 0.3 is 5.97 Å². The van der Waals surface area contributed by atoms with Gasteiger partial charge in [-0.25, -0.2) is 9.78 Å². The molecule has 0 amide bonds. The number of benzene rings is 2. The molecule has 0 radical (unpaired) electrons. The molecule has 0 aliphatic carbocycles. The summed E-state index contributed by atoms with van der Waals surface area (Å²) in [5.74, 6) is 0.536. The Morgan fingerprint density at radius 3 is 2.68 bits per heavy atom. The van der Waals surface area contributed by atoms with Crippen LogP contribution in [0.4, 0.5) is 0 Å². The summed E-state index contributed by atoms with van der Waals surface area (Å²) in [4.78, 5) is 15.3. The lowest BCUT2D eigenvalue weighted by atomic mass is 10.2. The number of para-hydroxylation sites is 1. The molecule has 22 heavy (non-hydrogen) atoms. The number of aromatic carboxylic acids is 1. The number of aromatic nitrogens is 1. The molecule has 112 valence electrons. The maximum atomic E-state index is 10.8. The lowest BCUT2D eigenvalue weighted by Crippen LogP contribution is -2.01. The van der Waals surface area contributed by atoms with E-state index in [0.717, 1.165) is 15.6 Å². The molecule has 2 aromatic carbocycles. The van der Waals surface area contributed by atoms with Gasteiger partial charge in [-0.3, -0.25) is 0 Å². The summed E-state index contributed by atoms with van der Waals surface area (Å²) in [7, 11) is 0. The Hall–Kier alpha value is -2.05. The summed E-state index contributed by atoms with van der Waals surface area (Å²) >= 11 is 3.34. The number of rotatable bonds is 6. The van der Waals surface area contributed by atoms with E-state index < -0.39 is 5.97 Å². The van der Waals surface area contributed by atoms with Crippen LogP contribution in [0, 0.1) is 0 Å². The highest BCUT2D eigenvalue weighted by Crippen LogP contribution is 2.29. The normalized spacial score (nSPS) is 10.7. The minimum absolute atomic E-state index is 0.260. The second-order valence-electron chi connectivity index (χ2n) is 4.47. The first-order valence-electron chi connectivity index (χ1n) is 6.67. The monoisotopic (exact) mass is 331 g/mol. The van der Waals surface area contributed by atoms with E-state index in [1.807, 2.05) is 18.2 Å². The molecule has 4 nitrogen and oxygen atoms in total. The molecular formula is C16H13NO3S2. The van der Waals surface area contributed by atoms with Crippen LogP contribution in [-0.4, -0.2) is 28.4 Å². The SMILES string of the molecule is O=C(O)c1ccc(OCCSc2nc3ccccc3s2)cc1. The Balaban J connectivity index is 1.49. The fourth-order valence-corrected chi connectivity index (χ4v) is 3.85. The second kappa shape index (κ2) is 6.81. The van der Waals surface area contributed by atoms with Crippen LogP contribution in [0.1, 0.15) is 10.4 Å². The van der Waals surface area contributed by atoms with Crippen LogP contribution in [0.5, 0.6) is 5.75 Å². The number of thioether (sulfide) groups is 1. The van der Waals surface area contributed by atoms with Gasteiger partial charge in [-0.2, -0.15) is 0 Å². The van der Waals surface area contributed by atoms with Crippen molar-refractivity contribution in [1.82, 2.24) is 4.98 Å². The molecule has 0 saturated heterocycles. The van der Waals surface area contributed by atoms with Crippen molar-refractivity contribution in [3.8, 4) is 5.75 Å². The van der Waals surface area contributed by atoms with Crippen LogP contribution >= 0.6 is 23.1 Å². The molecule has 1 aromatic heterocycles. The van der Waals surface area contributed by atoms with Gasteiger partial charge in [0.25, 0.3) is 0 Å². The number of nitrogens with zero attached hydrogens (tertiary/aromatic N) is 1. The maximum Gasteiger partial charge on any atom is 0.335 e. The third kappa shape index (κ3) is 3.58. The molecule has 0 atom stereocenters. The lowest BCUT2D eigenvalue weighted by Gasteiger charge is -2.05. The molecule has 6 heteroatoms. The van der Waals surface area contributed by atoms with Gasteiger partial charge in [0, 0.05) is 5.75 Å². The van der Waals surface area contributed by atoms with Gasteiger partial charge in [0.05, 0.1) is 22.4 Å². The summed E-state index contributed by atoms with van der Waals surface area (Å²) in [5, 5.41) is 8.83. The first-order chi connectivity index (χ1) is 10.7. The molecule has 0 aliphatic heterocycles. The smallest absolute Gasteiger partial charge is 0.335 e. The number of hydrogen-bond donors (Lipinski definition) is 1. The lowest BCUT2D eigenvalue weighted by molar-refractivity contribution is 0.0697. The van der Waals surface area contributed by atoms with Crippen molar-refractivity contribution in [2.75, 3.05) is 12.4 Å². The molecule has 0 fully saturated rings. The summed E-state index contributed by atoms with van der Waals surface area (Å²) in [5.41, 5.74) is 1.29. The van der Waals surface area contributed by atoms with Gasteiger partial charge < -0.3 is 9.84 Å². The van der Waals surface area contributed by atoms with Crippen LogP contribution in [0.25, 0.3) is 10.2 Å². The average Bonchev–Trinajstić information content (AvgIpc) is 2.95. The van der Waals surface area contributed by atoms with Gasteiger partial charge in [-0.15, -0.1) is 11.3 Å². The molecular weight excluding hydrogens is 318 g/mol. The van der Waals surface area contributed by atoms with E-state index in [1.54, 1.807) is 47.4 Å². The molecule has 0 unspecified atom stereocenters. The van der Waals surface area contributed by atoms with E-state index >= 15 is 0 Å². The van der Waals surface area contributed by atoms with E-state index in [0.29, 0.717) is 12.4 Å². The third-order valence-corrected chi connectivity index (χ3v) is 5.10. The largest absolute Gasteiger partial charge is 0.493 e. The zero-order valence-corrected chi connectivity index (χ0v) is 13.2. The van der Waals surface area contributed by atoms with Crippen molar-refractivity contribution in [2.24, 2.45) is 0 Å². The van der Waals surface area contributed by atoms with Gasteiger partial charge in [0.2, 0.25) is 0 Å². The predicted octanol–water partition coefficient (Wildman–Crippen LogP) is 4.17. The van der Waals surface area contributed by atoms with Crippen molar-refractivity contribution >= 4 is 39.3 Å². The van der Waals surface area contributed by atoms with Crippen molar-refractivity contribution in [3.63, 3.8) is 0 Å². The van der Waals surface area contributed by atoms with E-state index in [9.17, 15) is 4.79 Å². The highest BCUT2D eigenvalue weighted by molar-refractivity contribution is 8.01. The number of carboxylic acids is 1. The van der Waals surface area contributed by atoms with Crippen molar-refractivity contribution in [1.29, 1.82) is 0 Å². The fraction of sp³-hybridized carbons (Fsp3) is 0.125. The fourth-order valence-electron chi connectivity index (χ4n) is 1.90. The Morgan fingerprint density at radius 2 is 1.95 bits per heavy atom. The Morgan fingerprint density at radius 1 is 1.18 bits per heavy atom. The maximum absolute atomic E-state index is 10.8. The molecule has 0 saturated carbocycles. The van der Waals surface area contributed by atoms with Gasteiger partial charge in [-0.05, 0) is 36.4 Å². The molecule has 1 heterocycles. The topological polar surface area (TPSA) is 59.4 Å². The third-order valence-electron chi connectivity index (χ3n) is 2.95. The molecule has 3 rings (SSSR count). The molecule has 3 aromatic rings. The summed E-state index contributed by atoms with van der Waals surface area (Å²) in [6, 6.07) is 14.5. The zero-order valence-electron chi connectivity index (χ0n) is 11.6. The standard InChI is InChI=1S/C16H13NO3S2/c18-15(19)11-5-7-12(8-6-11)20-9-10-21-16-17-13-3-1-2-4-14(13)22-16/h1-8H,9-10H2,(H,18,19).